The second-order valence-corrected chi connectivity index (χ2v) is 7.77. The average Bonchev–Trinajstić information content (AvgIpc) is 3.08. The van der Waals surface area contributed by atoms with Crippen LogP contribution in [0.1, 0.15) is 35.1 Å². The molecule has 4 rings (SSSR count). The molecule has 7 nitrogen and oxygen atoms in total. The summed E-state index contributed by atoms with van der Waals surface area (Å²) >= 11 is 0. The van der Waals surface area contributed by atoms with Gasteiger partial charge in [0, 0.05) is 24.8 Å². The largest absolute Gasteiger partial charge is 0.489 e. The van der Waals surface area contributed by atoms with Crippen LogP contribution in [-0.4, -0.2) is 47.5 Å². The molecule has 1 aromatic heterocycles. The molecule has 0 saturated carbocycles. The fourth-order valence-electron chi connectivity index (χ4n) is 4.19. The summed E-state index contributed by atoms with van der Waals surface area (Å²) in [5.74, 6) is -2.05. The molecule has 10 heteroatoms. The van der Waals surface area contributed by atoms with Crippen LogP contribution in [0.4, 0.5) is 18.9 Å². The maximum absolute atomic E-state index is 13.3. The molecule has 0 radical (unpaired) electrons. The van der Waals surface area contributed by atoms with Crippen molar-refractivity contribution >= 4 is 17.5 Å². The first-order chi connectivity index (χ1) is 14.7. The van der Waals surface area contributed by atoms with Crippen LogP contribution in [0.5, 0.6) is 5.75 Å². The van der Waals surface area contributed by atoms with Crippen molar-refractivity contribution in [3.8, 4) is 5.75 Å². The van der Waals surface area contributed by atoms with Crippen LogP contribution < -0.4 is 15.0 Å². The minimum Gasteiger partial charge on any atom is -0.489 e. The van der Waals surface area contributed by atoms with Crippen molar-refractivity contribution in [3.05, 3.63) is 41.2 Å². The van der Waals surface area contributed by atoms with Gasteiger partial charge in [-0.1, -0.05) is 12.1 Å². The van der Waals surface area contributed by atoms with Crippen LogP contribution in [0.2, 0.25) is 0 Å². The van der Waals surface area contributed by atoms with E-state index in [0.717, 1.165) is 0 Å². The molecular weight excluding hydrogens is 413 g/mol. The first-order valence-electron chi connectivity index (χ1n) is 10.2. The Balaban J connectivity index is 1.58. The fraction of sp³-hybridized carbons (Fsp3) is 0.476. The van der Waals surface area contributed by atoms with Crippen LogP contribution in [0, 0.1) is 5.92 Å². The molecule has 0 spiro atoms. The van der Waals surface area contributed by atoms with Crippen LogP contribution >= 0.6 is 0 Å². The van der Waals surface area contributed by atoms with Gasteiger partial charge in [0.25, 0.3) is 11.8 Å². The predicted octanol–water partition coefficient (Wildman–Crippen LogP) is 2.72. The SMILES string of the molecule is CCn1nc(C(=O)N[C@H]2COc3ccccc3N(C)C2=O)c2c1CCC(C(F)(F)F)C2. The third-order valence-electron chi connectivity index (χ3n) is 5.89. The molecule has 2 atom stereocenters. The first-order valence-corrected chi connectivity index (χ1v) is 10.2. The monoisotopic (exact) mass is 436 g/mol. The third kappa shape index (κ3) is 3.86. The lowest BCUT2D eigenvalue weighted by atomic mass is 9.85. The number of carbonyl (C=O) groups excluding carboxylic acids is 2. The summed E-state index contributed by atoms with van der Waals surface area (Å²) in [5.41, 5.74) is 1.49. The van der Waals surface area contributed by atoms with Gasteiger partial charge >= 0.3 is 6.18 Å². The molecule has 0 fully saturated rings. The predicted molar refractivity (Wildman–Crippen MR) is 106 cm³/mol. The Morgan fingerprint density at radius 2 is 2.06 bits per heavy atom. The smallest absolute Gasteiger partial charge is 0.392 e. The van der Waals surface area contributed by atoms with Gasteiger partial charge in [-0.05, 0) is 38.3 Å². The number of aromatic nitrogens is 2. The number of anilines is 1. The molecule has 2 aromatic rings. The van der Waals surface area contributed by atoms with E-state index in [-0.39, 0.29) is 37.5 Å². The van der Waals surface area contributed by atoms with Crippen molar-refractivity contribution in [1.29, 1.82) is 0 Å². The Morgan fingerprint density at radius 1 is 1.32 bits per heavy atom. The summed E-state index contributed by atoms with van der Waals surface area (Å²) in [6, 6.07) is 6.00. The number of hydrogen-bond acceptors (Lipinski definition) is 4. The molecule has 31 heavy (non-hydrogen) atoms. The molecule has 1 aliphatic heterocycles. The fourth-order valence-corrected chi connectivity index (χ4v) is 4.19. The zero-order chi connectivity index (χ0) is 22.3. The van der Waals surface area contributed by atoms with Crippen LogP contribution in [0.3, 0.4) is 0 Å². The lowest BCUT2D eigenvalue weighted by molar-refractivity contribution is -0.177. The molecular formula is C21H23F3N4O3. The van der Waals surface area contributed by atoms with Gasteiger partial charge in [0.15, 0.2) is 5.69 Å². The highest BCUT2D eigenvalue weighted by molar-refractivity contribution is 6.03. The number of amides is 2. The number of ether oxygens (including phenoxy) is 1. The molecule has 2 amide bonds. The van der Waals surface area contributed by atoms with E-state index in [0.29, 0.717) is 29.2 Å². The Morgan fingerprint density at radius 3 is 2.77 bits per heavy atom. The van der Waals surface area contributed by atoms with Crippen molar-refractivity contribution in [2.75, 3.05) is 18.6 Å². The van der Waals surface area contributed by atoms with E-state index < -0.39 is 24.0 Å². The average molecular weight is 436 g/mol. The molecule has 2 heterocycles. The van der Waals surface area contributed by atoms with Crippen molar-refractivity contribution in [2.24, 2.45) is 5.92 Å². The Kier molecular flexibility index (Phi) is 5.40. The van der Waals surface area contributed by atoms with Crippen LogP contribution in [0.15, 0.2) is 24.3 Å². The van der Waals surface area contributed by atoms with Gasteiger partial charge in [0.1, 0.15) is 18.4 Å². The zero-order valence-corrected chi connectivity index (χ0v) is 17.2. The van der Waals surface area contributed by atoms with Gasteiger partial charge in [-0.25, -0.2) is 0 Å². The lowest BCUT2D eigenvalue weighted by Gasteiger charge is -2.25. The minimum atomic E-state index is -4.33. The number of fused-ring (bicyclic) bond motifs is 2. The number of carbonyl (C=O) groups is 2. The molecule has 0 bridgehead atoms. The van der Waals surface area contributed by atoms with Crippen molar-refractivity contribution < 1.29 is 27.5 Å². The normalized spacial score (nSPS) is 21.1. The van der Waals surface area contributed by atoms with Gasteiger partial charge in [0.2, 0.25) is 0 Å². The van der Waals surface area contributed by atoms with Crippen molar-refractivity contribution in [2.45, 2.75) is 44.9 Å². The standard InChI is InChI=1S/C21H23F3N4O3/c1-3-28-15-9-8-12(21(22,23)24)10-13(15)18(26-28)19(29)25-14-11-31-17-7-5-4-6-16(17)27(2)20(14)30/h4-7,12,14H,3,8-11H2,1-2H3,(H,25,29)/t12?,14-/m0/s1. The Labute approximate surface area is 177 Å². The molecule has 1 N–H and O–H groups in total. The van der Waals surface area contributed by atoms with E-state index in [1.165, 1.54) is 4.90 Å². The number of aryl methyl sites for hydroxylation is 1. The number of nitrogens with one attached hydrogen (secondary N) is 1. The first kappa shape index (κ1) is 21.2. The van der Waals surface area contributed by atoms with Gasteiger partial charge in [0.05, 0.1) is 11.6 Å². The second kappa shape index (κ2) is 7.90. The highest BCUT2D eigenvalue weighted by Crippen LogP contribution is 2.38. The molecule has 0 saturated heterocycles. The topological polar surface area (TPSA) is 76.5 Å². The molecule has 166 valence electrons. The minimum absolute atomic E-state index is 0.0265. The third-order valence-corrected chi connectivity index (χ3v) is 5.89. The van der Waals surface area contributed by atoms with E-state index in [2.05, 4.69) is 10.4 Å². The Bertz CT molecular complexity index is 1020. The maximum Gasteiger partial charge on any atom is 0.392 e. The summed E-state index contributed by atoms with van der Waals surface area (Å²) in [6.45, 7) is 2.17. The highest BCUT2D eigenvalue weighted by Gasteiger charge is 2.43. The maximum atomic E-state index is 13.3. The number of alkyl halides is 3. The van der Waals surface area contributed by atoms with Gasteiger partial charge in [-0.15, -0.1) is 0 Å². The van der Waals surface area contributed by atoms with E-state index >= 15 is 0 Å². The number of nitrogens with zero attached hydrogens (tertiary/aromatic N) is 3. The summed E-state index contributed by atoms with van der Waals surface area (Å²) < 4.78 is 47.2. The molecule has 1 aromatic carbocycles. The molecule has 2 aliphatic rings. The zero-order valence-electron chi connectivity index (χ0n) is 17.2. The van der Waals surface area contributed by atoms with Crippen LogP contribution in [-0.2, 0) is 24.2 Å². The van der Waals surface area contributed by atoms with E-state index in [9.17, 15) is 22.8 Å². The van der Waals surface area contributed by atoms with E-state index in [4.69, 9.17) is 4.74 Å². The summed E-state index contributed by atoms with van der Waals surface area (Å²) in [4.78, 5) is 27.3. The lowest BCUT2D eigenvalue weighted by Crippen LogP contribution is -2.49. The van der Waals surface area contributed by atoms with Crippen LogP contribution in [0.25, 0.3) is 0 Å². The number of para-hydroxylation sites is 2. The highest BCUT2D eigenvalue weighted by atomic mass is 19.4. The van der Waals surface area contributed by atoms with Gasteiger partial charge in [-0.2, -0.15) is 18.3 Å². The van der Waals surface area contributed by atoms with Crippen molar-refractivity contribution in [3.63, 3.8) is 0 Å². The van der Waals surface area contributed by atoms with Crippen molar-refractivity contribution in [1.82, 2.24) is 15.1 Å². The summed E-state index contributed by atoms with van der Waals surface area (Å²) in [6.07, 6.45) is -4.44. The number of benzene rings is 1. The quantitative estimate of drug-likeness (QED) is 0.803. The van der Waals surface area contributed by atoms with Gasteiger partial charge in [-0.3, -0.25) is 14.3 Å². The van der Waals surface area contributed by atoms with E-state index in [1.54, 1.807) is 36.0 Å². The molecule has 1 aliphatic carbocycles. The molecule has 1 unspecified atom stereocenters. The van der Waals surface area contributed by atoms with Gasteiger partial charge < -0.3 is 15.0 Å². The second-order valence-electron chi connectivity index (χ2n) is 7.77. The summed E-state index contributed by atoms with van der Waals surface area (Å²) in [5, 5.41) is 6.89. The number of halogens is 3. The summed E-state index contributed by atoms with van der Waals surface area (Å²) in [7, 11) is 1.58. The number of rotatable bonds is 3. The number of hydrogen-bond donors (Lipinski definition) is 1. The number of likely N-dealkylation sites (N-methyl/N-ethyl adjacent to an activating group) is 1. The van der Waals surface area contributed by atoms with E-state index in [1.807, 2.05) is 6.92 Å². The Hall–Kier alpha value is -3.04.